The lowest BCUT2D eigenvalue weighted by Crippen LogP contribution is -2.40. The Labute approximate surface area is 180 Å². The van der Waals surface area contributed by atoms with E-state index in [0.717, 1.165) is 36.7 Å². The molecule has 0 radical (unpaired) electrons. The molecule has 1 aromatic carbocycles. The second-order valence-corrected chi connectivity index (χ2v) is 8.12. The number of para-hydroxylation sites is 2. The number of benzene rings is 1. The Hall–Kier alpha value is -3.42. The van der Waals surface area contributed by atoms with Crippen molar-refractivity contribution in [2.75, 3.05) is 0 Å². The van der Waals surface area contributed by atoms with E-state index in [4.69, 9.17) is 0 Å². The molecule has 31 heavy (non-hydrogen) atoms. The van der Waals surface area contributed by atoms with Gasteiger partial charge in [0.25, 0.3) is 11.5 Å². The minimum Gasteiger partial charge on any atom is -0.352 e. The number of hydrogen-bond donors (Lipinski definition) is 3. The molecule has 2 heterocycles. The number of imidazole rings is 1. The Balaban J connectivity index is 1.42. The molecule has 2 amide bonds. The van der Waals surface area contributed by atoms with E-state index in [1.165, 1.54) is 29.3 Å². The monoisotopic (exact) mass is 421 g/mol. The normalized spacial score (nSPS) is 15.5. The Morgan fingerprint density at radius 2 is 1.94 bits per heavy atom. The van der Waals surface area contributed by atoms with Crippen LogP contribution in [0, 0.1) is 0 Å². The second-order valence-electron chi connectivity index (χ2n) is 8.12. The van der Waals surface area contributed by atoms with Crippen molar-refractivity contribution in [1.29, 1.82) is 0 Å². The highest BCUT2D eigenvalue weighted by molar-refractivity contribution is 5.94. The largest absolute Gasteiger partial charge is 0.352 e. The highest BCUT2D eigenvalue weighted by Crippen LogP contribution is 2.17. The summed E-state index contributed by atoms with van der Waals surface area (Å²) in [5, 5.41) is 5.89. The number of amides is 2. The Kier molecular flexibility index (Phi) is 6.16. The van der Waals surface area contributed by atoms with Crippen LogP contribution in [0.3, 0.4) is 0 Å². The summed E-state index contributed by atoms with van der Waals surface area (Å²) in [6, 6.07) is 10.3. The van der Waals surface area contributed by atoms with Gasteiger partial charge in [0.05, 0.1) is 22.6 Å². The number of hydrogen-bond acceptors (Lipinski definition) is 4. The molecular weight excluding hydrogens is 394 g/mol. The summed E-state index contributed by atoms with van der Waals surface area (Å²) in [4.78, 5) is 45.0. The Bertz CT molecular complexity index is 1110. The molecule has 4 rings (SSSR count). The summed E-state index contributed by atoms with van der Waals surface area (Å²) >= 11 is 0. The van der Waals surface area contributed by atoms with Gasteiger partial charge in [0.15, 0.2) is 0 Å². The molecule has 0 unspecified atom stereocenters. The number of fused-ring (bicyclic) bond motifs is 1. The van der Waals surface area contributed by atoms with Crippen LogP contribution < -0.4 is 16.2 Å². The zero-order valence-corrected chi connectivity index (χ0v) is 17.6. The average molecular weight is 422 g/mol. The molecule has 1 atom stereocenters. The first-order valence-corrected chi connectivity index (χ1v) is 10.7. The summed E-state index contributed by atoms with van der Waals surface area (Å²) in [5.41, 5.74) is 1.72. The maximum atomic E-state index is 12.7. The third-order valence-corrected chi connectivity index (χ3v) is 5.70. The van der Waals surface area contributed by atoms with Gasteiger partial charge < -0.3 is 20.2 Å². The summed E-state index contributed by atoms with van der Waals surface area (Å²) in [7, 11) is 0. The van der Waals surface area contributed by atoms with E-state index in [9.17, 15) is 14.4 Å². The number of nitrogens with zero attached hydrogens (tertiary/aromatic N) is 2. The molecule has 1 saturated carbocycles. The number of H-pyrrole nitrogens is 1. The molecule has 0 bridgehead atoms. The van der Waals surface area contributed by atoms with E-state index in [1.54, 1.807) is 0 Å². The van der Waals surface area contributed by atoms with Crippen molar-refractivity contribution in [3.05, 3.63) is 64.3 Å². The van der Waals surface area contributed by atoms with Gasteiger partial charge in [-0.3, -0.25) is 14.4 Å². The standard InChI is InChI=1S/C23H27N5O3/c1-15(22-26-18-9-5-6-10-19(18)27-22)24-23(31)16-11-12-21(30)28(13-16)14-20(29)25-17-7-3-2-4-8-17/h5-6,9-13,15,17H,2-4,7-8,14H2,1H3,(H,24,31)(H,25,29)(H,26,27)/t15-/m0/s1. The molecule has 0 aliphatic heterocycles. The summed E-state index contributed by atoms with van der Waals surface area (Å²) in [6.45, 7) is 1.73. The fourth-order valence-corrected chi connectivity index (χ4v) is 3.99. The average Bonchev–Trinajstić information content (AvgIpc) is 3.20. The third kappa shape index (κ3) is 5.02. The number of pyridine rings is 1. The number of carbonyl (C=O) groups excluding carboxylic acids is 2. The van der Waals surface area contributed by atoms with Crippen molar-refractivity contribution in [2.24, 2.45) is 0 Å². The van der Waals surface area contributed by atoms with Gasteiger partial charge in [-0.25, -0.2) is 4.98 Å². The maximum Gasteiger partial charge on any atom is 0.253 e. The van der Waals surface area contributed by atoms with Gasteiger partial charge in [-0.2, -0.15) is 0 Å². The first kappa shape index (κ1) is 20.8. The second kappa shape index (κ2) is 9.16. The molecule has 3 aromatic rings. The predicted octanol–water partition coefficient (Wildman–Crippen LogP) is 2.66. The van der Waals surface area contributed by atoms with E-state index < -0.39 is 0 Å². The van der Waals surface area contributed by atoms with Crippen LogP contribution in [0.15, 0.2) is 47.4 Å². The van der Waals surface area contributed by atoms with E-state index >= 15 is 0 Å². The van der Waals surface area contributed by atoms with Gasteiger partial charge >= 0.3 is 0 Å². The quantitative estimate of drug-likeness (QED) is 0.568. The van der Waals surface area contributed by atoms with Crippen LogP contribution in [0.1, 0.15) is 61.3 Å². The summed E-state index contributed by atoms with van der Waals surface area (Å²) in [6.07, 6.45) is 6.82. The van der Waals surface area contributed by atoms with E-state index in [2.05, 4.69) is 20.6 Å². The van der Waals surface area contributed by atoms with E-state index in [1.807, 2.05) is 31.2 Å². The van der Waals surface area contributed by atoms with Crippen LogP contribution >= 0.6 is 0 Å². The first-order chi connectivity index (χ1) is 15.0. The Morgan fingerprint density at radius 1 is 1.16 bits per heavy atom. The minimum atomic E-state index is -0.352. The van der Waals surface area contributed by atoms with E-state index in [0.29, 0.717) is 11.4 Å². The number of aromatic amines is 1. The number of carbonyl (C=O) groups is 2. The fraction of sp³-hybridized carbons (Fsp3) is 0.391. The molecule has 1 aliphatic carbocycles. The zero-order valence-electron chi connectivity index (χ0n) is 17.6. The maximum absolute atomic E-state index is 12.7. The van der Waals surface area contributed by atoms with Gasteiger partial charge in [0, 0.05) is 18.3 Å². The molecule has 0 spiro atoms. The molecule has 8 heteroatoms. The van der Waals surface area contributed by atoms with Crippen molar-refractivity contribution in [1.82, 2.24) is 25.2 Å². The topological polar surface area (TPSA) is 109 Å². The number of nitrogens with one attached hydrogen (secondary N) is 3. The van der Waals surface area contributed by atoms with Crippen molar-refractivity contribution in [2.45, 2.75) is 57.7 Å². The molecule has 0 saturated heterocycles. The highest BCUT2D eigenvalue weighted by atomic mass is 16.2. The van der Waals surface area contributed by atoms with Crippen LogP contribution in [0.2, 0.25) is 0 Å². The SMILES string of the molecule is C[C@H](NC(=O)c1ccc(=O)n(CC(=O)NC2CCCCC2)c1)c1nc2ccccc2[nH]1. The van der Waals surface area contributed by atoms with Gasteiger partial charge in [0.1, 0.15) is 12.4 Å². The predicted molar refractivity (Wildman–Crippen MR) is 118 cm³/mol. The molecule has 1 fully saturated rings. The molecular formula is C23H27N5O3. The van der Waals surface area contributed by atoms with Crippen LogP contribution in [-0.4, -0.2) is 32.4 Å². The lowest BCUT2D eigenvalue weighted by atomic mass is 9.95. The van der Waals surface area contributed by atoms with Crippen LogP contribution in [-0.2, 0) is 11.3 Å². The van der Waals surface area contributed by atoms with Crippen molar-refractivity contribution in [3.8, 4) is 0 Å². The van der Waals surface area contributed by atoms with Crippen molar-refractivity contribution in [3.63, 3.8) is 0 Å². The lowest BCUT2D eigenvalue weighted by molar-refractivity contribution is -0.122. The van der Waals surface area contributed by atoms with Gasteiger partial charge in [-0.15, -0.1) is 0 Å². The molecule has 8 nitrogen and oxygen atoms in total. The van der Waals surface area contributed by atoms with Crippen LogP contribution in [0.5, 0.6) is 0 Å². The zero-order chi connectivity index (χ0) is 21.8. The molecule has 1 aliphatic rings. The molecule has 3 N–H and O–H groups in total. The summed E-state index contributed by atoms with van der Waals surface area (Å²) < 4.78 is 1.28. The first-order valence-electron chi connectivity index (χ1n) is 10.7. The minimum absolute atomic E-state index is 0.102. The fourth-order valence-electron chi connectivity index (χ4n) is 3.99. The third-order valence-electron chi connectivity index (χ3n) is 5.70. The van der Waals surface area contributed by atoms with Gasteiger partial charge in [0.2, 0.25) is 5.91 Å². The van der Waals surface area contributed by atoms with Gasteiger partial charge in [-0.05, 0) is 38.0 Å². The van der Waals surface area contributed by atoms with E-state index in [-0.39, 0.29) is 36.0 Å². The Morgan fingerprint density at radius 3 is 2.71 bits per heavy atom. The number of aromatic nitrogens is 3. The molecule has 2 aromatic heterocycles. The van der Waals surface area contributed by atoms with Crippen molar-refractivity contribution < 1.29 is 9.59 Å². The smallest absolute Gasteiger partial charge is 0.253 e. The lowest BCUT2D eigenvalue weighted by Gasteiger charge is -2.23. The number of rotatable bonds is 6. The highest BCUT2D eigenvalue weighted by Gasteiger charge is 2.18. The van der Waals surface area contributed by atoms with Gasteiger partial charge in [-0.1, -0.05) is 31.4 Å². The van der Waals surface area contributed by atoms with Crippen molar-refractivity contribution >= 4 is 22.8 Å². The molecule has 162 valence electrons. The summed E-state index contributed by atoms with van der Waals surface area (Å²) in [5.74, 6) is 0.103. The van der Waals surface area contributed by atoms with Crippen LogP contribution in [0.25, 0.3) is 11.0 Å². The van der Waals surface area contributed by atoms with Crippen LogP contribution in [0.4, 0.5) is 0 Å².